The second-order valence-electron chi connectivity index (χ2n) is 11.7. The molecule has 3 atom stereocenters. The van der Waals surface area contributed by atoms with E-state index in [0.29, 0.717) is 12.8 Å². The highest BCUT2D eigenvalue weighted by atomic mass is 31.2. The number of phosphoric ester groups is 1. The Morgan fingerprint density at radius 1 is 0.674 bits per heavy atom. The molecule has 3 unspecified atom stereocenters. The number of carbonyl (C=O) groups excluding carboxylic acids is 2. The molecule has 0 saturated heterocycles. The molecule has 46 heavy (non-hydrogen) atoms. The van der Waals surface area contributed by atoms with Crippen LogP contribution >= 0.6 is 7.82 Å². The van der Waals surface area contributed by atoms with Gasteiger partial charge in [0.15, 0.2) is 6.10 Å². The second-order valence-corrected chi connectivity index (χ2v) is 13.1. The van der Waals surface area contributed by atoms with Crippen molar-refractivity contribution in [3.63, 3.8) is 0 Å². The maximum Gasteiger partial charge on any atom is 0.472 e. The van der Waals surface area contributed by atoms with Crippen LogP contribution in [-0.4, -0.2) is 59.9 Å². The second kappa shape index (κ2) is 30.3. The van der Waals surface area contributed by atoms with E-state index in [1.165, 1.54) is 38.5 Å². The van der Waals surface area contributed by atoms with Crippen molar-refractivity contribution in [2.45, 2.75) is 154 Å². The average Bonchev–Trinajstić information content (AvgIpc) is 3.02. The fraction of sp³-hybridized carbons (Fsp3) is 0.794. The first-order chi connectivity index (χ1) is 22.1. The molecule has 0 radical (unpaired) electrons. The maximum atomic E-state index is 12.5. The van der Waals surface area contributed by atoms with Gasteiger partial charge in [-0.3, -0.25) is 23.4 Å². The standard InChI is InChI=1S/C34H62NO10P/c1-3-5-7-9-10-11-12-13-14-15-16-17-18-19-20-22-24-26-33(37)45-30(27-42-32(36)25-23-21-8-6-4-2)28-43-46(40,41)44-29-31(35)34(38)39/h10-11,13-14,30-31H,3-9,12,15-29,35H2,1-2H3,(H,38,39)(H,40,41)/b11-10-,14-13-. The highest BCUT2D eigenvalue weighted by Crippen LogP contribution is 2.43. The van der Waals surface area contributed by atoms with Gasteiger partial charge in [-0.1, -0.05) is 109 Å². The summed E-state index contributed by atoms with van der Waals surface area (Å²) in [5, 5.41) is 8.81. The molecule has 0 aliphatic carbocycles. The van der Waals surface area contributed by atoms with Crippen molar-refractivity contribution in [1.29, 1.82) is 0 Å². The molecule has 0 aromatic rings. The van der Waals surface area contributed by atoms with Crippen molar-refractivity contribution >= 4 is 25.7 Å². The lowest BCUT2D eigenvalue weighted by atomic mass is 10.1. The van der Waals surface area contributed by atoms with E-state index in [-0.39, 0.29) is 19.4 Å². The SMILES string of the molecule is CCCCC/C=C\C/C=C\CCCCCCCCCC(=O)OC(COC(=O)CCCCCCC)COP(=O)(O)OCC(N)C(=O)O. The Morgan fingerprint density at radius 2 is 1.15 bits per heavy atom. The summed E-state index contributed by atoms with van der Waals surface area (Å²) < 4.78 is 32.3. The van der Waals surface area contributed by atoms with E-state index in [2.05, 4.69) is 42.7 Å². The lowest BCUT2D eigenvalue weighted by molar-refractivity contribution is -0.161. The zero-order valence-electron chi connectivity index (χ0n) is 28.4. The van der Waals surface area contributed by atoms with Crippen LogP contribution in [-0.2, 0) is 37.5 Å². The minimum atomic E-state index is -4.70. The molecule has 0 rings (SSSR count). The summed E-state index contributed by atoms with van der Waals surface area (Å²) in [6.45, 7) is 2.63. The van der Waals surface area contributed by atoms with Crippen molar-refractivity contribution in [2.24, 2.45) is 5.73 Å². The third-order valence-electron chi connectivity index (χ3n) is 7.20. The molecule has 0 spiro atoms. The number of unbranched alkanes of at least 4 members (excludes halogenated alkanes) is 14. The van der Waals surface area contributed by atoms with E-state index in [9.17, 15) is 23.8 Å². The number of nitrogens with two attached hydrogens (primary N) is 1. The predicted octanol–water partition coefficient (Wildman–Crippen LogP) is 7.94. The van der Waals surface area contributed by atoms with Gasteiger partial charge in [0, 0.05) is 12.8 Å². The molecule has 0 bridgehead atoms. The lowest BCUT2D eigenvalue weighted by Gasteiger charge is -2.20. The molecule has 0 aromatic carbocycles. The number of hydrogen-bond donors (Lipinski definition) is 3. The van der Waals surface area contributed by atoms with Gasteiger partial charge < -0.3 is 25.2 Å². The van der Waals surface area contributed by atoms with E-state index in [1.54, 1.807) is 0 Å². The molecule has 12 heteroatoms. The summed E-state index contributed by atoms with van der Waals surface area (Å²) in [6.07, 6.45) is 27.3. The van der Waals surface area contributed by atoms with Gasteiger partial charge in [-0.25, -0.2) is 4.57 Å². The fourth-order valence-electron chi connectivity index (χ4n) is 4.39. The van der Waals surface area contributed by atoms with Crippen LogP contribution in [0.5, 0.6) is 0 Å². The van der Waals surface area contributed by atoms with E-state index in [4.69, 9.17) is 24.8 Å². The van der Waals surface area contributed by atoms with Crippen LogP contribution in [0, 0.1) is 0 Å². The topological polar surface area (TPSA) is 172 Å². The Kier molecular flexibility index (Phi) is 29.0. The minimum absolute atomic E-state index is 0.153. The van der Waals surface area contributed by atoms with E-state index < -0.39 is 51.1 Å². The normalized spacial score (nSPS) is 14.3. The molecule has 0 heterocycles. The van der Waals surface area contributed by atoms with Gasteiger partial charge >= 0.3 is 25.7 Å². The number of ether oxygens (including phenoxy) is 2. The summed E-state index contributed by atoms with van der Waals surface area (Å²) >= 11 is 0. The quantitative estimate of drug-likeness (QED) is 0.0273. The third-order valence-corrected chi connectivity index (χ3v) is 8.15. The Bertz CT molecular complexity index is 895. The maximum absolute atomic E-state index is 12.5. The van der Waals surface area contributed by atoms with E-state index in [1.807, 2.05) is 0 Å². The lowest BCUT2D eigenvalue weighted by Crippen LogP contribution is -2.34. The molecular formula is C34H62NO10P. The van der Waals surface area contributed by atoms with Crippen molar-refractivity contribution < 1.29 is 47.5 Å². The summed E-state index contributed by atoms with van der Waals surface area (Å²) in [5.74, 6) is -2.41. The molecule has 0 aliphatic rings. The van der Waals surface area contributed by atoms with Crippen LogP contribution in [0.3, 0.4) is 0 Å². The monoisotopic (exact) mass is 675 g/mol. The molecule has 268 valence electrons. The summed E-state index contributed by atoms with van der Waals surface area (Å²) in [6, 6.07) is -1.52. The first-order valence-electron chi connectivity index (χ1n) is 17.4. The number of aliphatic carboxylic acids is 1. The number of carboxylic acid groups (broad SMARTS) is 1. The number of phosphoric acid groups is 1. The highest BCUT2D eigenvalue weighted by molar-refractivity contribution is 7.47. The van der Waals surface area contributed by atoms with Crippen LogP contribution in [0.2, 0.25) is 0 Å². The molecular weight excluding hydrogens is 613 g/mol. The van der Waals surface area contributed by atoms with Gasteiger partial charge in [0.05, 0.1) is 13.2 Å². The highest BCUT2D eigenvalue weighted by Gasteiger charge is 2.28. The zero-order chi connectivity index (χ0) is 34.3. The predicted molar refractivity (Wildman–Crippen MR) is 180 cm³/mol. The molecule has 0 fully saturated rings. The van der Waals surface area contributed by atoms with Crippen molar-refractivity contribution in [3.05, 3.63) is 24.3 Å². The Hall–Kier alpha value is -2.04. The van der Waals surface area contributed by atoms with E-state index in [0.717, 1.165) is 64.2 Å². The first kappa shape index (κ1) is 44.0. The molecule has 0 aromatic heterocycles. The van der Waals surface area contributed by atoms with Gasteiger partial charge in [-0.15, -0.1) is 0 Å². The fourth-order valence-corrected chi connectivity index (χ4v) is 5.16. The van der Waals surface area contributed by atoms with Crippen LogP contribution in [0.25, 0.3) is 0 Å². The van der Waals surface area contributed by atoms with Gasteiger partial charge in [0.2, 0.25) is 0 Å². The number of rotatable bonds is 32. The third kappa shape index (κ3) is 29.4. The largest absolute Gasteiger partial charge is 0.480 e. The molecule has 11 nitrogen and oxygen atoms in total. The number of hydrogen-bond acceptors (Lipinski definition) is 9. The minimum Gasteiger partial charge on any atom is -0.480 e. The number of carbonyl (C=O) groups is 3. The van der Waals surface area contributed by atoms with Crippen LogP contribution < -0.4 is 5.73 Å². The smallest absolute Gasteiger partial charge is 0.472 e. The Balaban J connectivity index is 4.36. The summed E-state index contributed by atoms with van der Waals surface area (Å²) in [5.41, 5.74) is 5.29. The summed E-state index contributed by atoms with van der Waals surface area (Å²) in [4.78, 5) is 45.3. The average molecular weight is 676 g/mol. The van der Waals surface area contributed by atoms with Crippen molar-refractivity contribution in [3.8, 4) is 0 Å². The van der Waals surface area contributed by atoms with Crippen molar-refractivity contribution in [1.82, 2.24) is 0 Å². The van der Waals surface area contributed by atoms with Crippen molar-refractivity contribution in [2.75, 3.05) is 19.8 Å². The molecule has 0 saturated carbocycles. The number of esters is 2. The molecule has 0 aliphatic heterocycles. The Morgan fingerprint density at radius 3 is 1.74 bits per heavy atom. The van der Waals surface area contributed by atoms with Gasteiger partial charge in [-0.2, -0.15) is 0 Å². The van der Waals surface area contributed by atoms with E-state index >= 15 is 0 Å². The van der Waals surface area contributed by atoms with Crippen LogP contribution in [0.15, 0.2) is 24.3 Å². The number of carboxylic acids is 1. The van der Waals surface area contributed by atoms with Gasteiger partial charge in [0.25, 0.3) is 0 Å². The Labute approximate surface area is 277 Å². The summed E-state index contributed by atoms with van der Waals surface area (Å²) in [7, 11) is -4.70. The zero-order valence-corrected chi connectivity index (χ0v) is 29.3. The van der Waals surface area contributed by atoms with Crippen LogP contribution in [0.4, 0.5) is 0 Å². The van der Waals surface area contributed by atoms with Gasteiger partial charge in [-0.05, 0) is 44.9 Å². The van der Waals surface area contributed by atoms with Crippen LogP contribution in [0.1, 0.15) is 142 Å². The molecule has 4 N–H and O–H groups in total. The number of allylic oxidation sites excluding steroid dienone is 4. The van der Waals surface area contributed by atoms with Gasteiger partial charge in [0.1, 0.15) is 12.6 Å². The molecule has 0 amide bonds. The first-order valence-corrected chi connectivity index (χ1v) is 18.9.